The number of nitrogens with one attached hydrogen (secondary N) is 1. The van der Waals surface area contributed by atoms with Crippen molar-refractivity contribution in [3.05, 3.63) is 35.6 Å². The highest BCUT2D eigenvalue weighted by Gasteiger charge is 2.34. The van der Waals surface area contributed by atoms with Gasteiger partial charge in [-0.1, -0.05) is 19.1 Å². The molecule has 1 saturated heterocycles. The molecule has 6 heteroatoms. The quantitative estimate of drug-likeness (QED) is 0.437. The first-order valence-corrected chi connectivity index (χ1v) is 7.54. The summed E-state index contributed by atoms with van der Waals surface area (Å²) in [6.07, 6.45) is 2.67. The minimum atomic E-state index is -0.209. The molecule has 0 unspecified atom stereocenters. The van der Waals surface area contributed by atoms with Gasteiger partial charge in [0.25, 0.3) is 0 Å². The van der Waals surface area contributed by atoms with Gasteiger partial charge in [-0.3, -0.25) is 4.99 Å². The number of guanidine groups is 1. The topological polar surface area (TPSA) is 59.6 Å². The Kier molecular flexibility index (Phi) is 8.09. The molecular formula is C16H25FIN3O. The lowest BCUT2D eigenvalue weighted by atomic mass is 9.74. The average Bonchev–Trinajstić information content (AvgIpc) is 2.52. The monoisotopic (exact) mass is 421 g/mol. The highest BCUT2D eigenvalue weighted by atomic mass is 127. The fourth-order valence-electron chi connectivity index (χ4n) is 2.66. The fourth-order valence-corrected chi connectivity index (χ4v) is 2.66. The van der Waals surface area contributed by atoms with Crippen LogP contribution in [0.25, 0.3) is 0 Å². The van der Waals surface area contributed by atoms with E-state index in [2.05, 4.69) is 17.2 Å². The molecule has 0 saturated carbocycles. The largest absolute Gasteiger partial charge is 0.381 e. The summed E-state index contributed by atoms with van der Waals surface area (Å²) < 4.78 is 19.0. The lowest BCUT2D eigenvalue weighted by molar-refractivity contribution is 0.0530. The van der Waals surface area contributed by atoms with E-state index < -0.39 is 0 Å². The molecule has 0 bridgehead atoms. The summed E-state index contributed by atoms with van der Waals surface area (Å²) in [6, 6.07) is 6.80. The molecule has 1 aromatic carbocycles. The van der Waals surface area contributed by atoms with E-state index >= 15 is 0 Å². The van der Waals surface area contributed by atoms with Crippen LogP contribution < -0.4 is 11.1 Å². The fraction of sp³-hybridized carbons (Fsp3) is 0.562. The van der Waals surface area contributed by atoms with Crippen LogP contribution in [-0.2, 0) is 10.2 Å². The summed E-state index contributed by atoms with van der Waals surface area (Å²) in [5.74, 6) is 0.249. The molecule has 1 fully saturated rings. The zero-order valence-electron chi connectivity index (χ0n) is 13.0. The van der Waals surface area contributed by atoms with E-state index in [1.54, 1.807) is 12.1 Å². The molecule has 2 rings (SSSR count). The minimum absolute atomic E-state index is 0. The summed E-state index contributed by atoms with van der Waals surface area (Å²) in [7, 11) is 0. The molecule has 0 aromatic heterocycles. The van der Waals surface area contributed by atoms with Crippen LogP contribution in [-0.4, -0.2) is 32.3 Å². The first-order chi connectivity index (χ1) is 10.2. The van der Waals surface area contributed by atoms with Crippen molar-refractivity contribution >= 4 is 29.9 Å². The zero-order chi connectivity index (χ0) is 15.1. The van der Waals surface area contributed by atoms with Crippen molar-refractivity contribution in [3.63, 3.8) is 0 Å². The van der Waals surface area contributed by atoms with Gasteiger partial charge in [0, 0.05) is 25.2 Å². The summed E-state index contributed by atoms with van der Waals surface area (Å²) >= 11 is 0. The first-order valence-electron chi connectivity index (χ1n) is 7.54. The van der Waals surface area contributed by atoms with E-state index in [-0.39, 0.29) is 35.2 Å². The molecule has 124 valence electrons. The number of halogens is 2. The Bertz CT molecular complexity index is 490. The molecular weight excluding hydrogens is 396 g/mol. The van der Waals surface area contributed by atoms with E-state index in [1.807, 2.05) is 6.07 Å². The molecule has 0 atom stereocenters. The number of hydrogen-bond acceptors (Lipinski definition) is 2. The van der Waals surface area contributed by atoms with Gasteiger partial charge >= 0.3 is 0 Å². The highest BCUT2D eigenvalue weighted by molar-refractivity contribution is 14.0. The first kappa shape index (κ1) is 19.2. The minimum Gasteiger partial charge on any atom is -0.381 e. The van der Waals surface area contributed by atoms with Gasteiger partial charge < -0.3 is 15.8 Å². The molecule has 1 aromatic rings. The normalized spacial score (nSPS) is 17.6. The predicted molar refractivity (Wildman–Crippen MR) is 98.3 cm³/mol. The Morgan fingerprint density at radius 2 is 2.14 bits per heavy atom. The molecule has 0 aliphatic carbocycles. The number of rotatable bonds is 5. The van der Waals surface area contributed by atoms with Gasteiger partial charge in [-0.2, -0.15) is 0 Å². The van der Waals surface area contributed by atoms with Crippen molar-refractivity contribution in [1.82, 2.24) is 5.32 Å². The van der Waals surface area contributed by atoms with Crippen LogP contribution in [0.1, 0.15) is 31.7 Å². The van der Waals surface area contributed by atoms with Crippen LogP contribution in [0.3, 0.4) is 0 Å². The summed E-state index contributed by atoms with van der Waals surface area (Å²) in [4.78, 5) is 4.47. The van der Waals surface area contributed by atoms with Gasteiger partial charge in [-0.15, -0.1) is 24.0 Å². The third-order valence-electron chi connectivity index (χ3n) is 4.00. The van der Waals surface area contributed by atoms with Crippen molar-refractivity contribution in [3.8, 4) is 0 Å². The van der Waals surface area contributed by atoms with Crippen molar-refractivity contribution in [2.24, 2.45) is 10.7 Å². The average molecular weight is 421 g/mol. The summed E-state index contributed by atoms with van der Waals surface area (Å²) in [5, 5.41) is 3.07. The molecule has 0 amide bonds. The van der Waals surface area contributed by atoms with Gasteiger partial charge in [0.15, 0.2) is 5.96 Å². The van der Waals surface area contributed by atoms with Crippen LogP contribution in [0, 0.1) is 5.82 Å². The number of ether oxygens (including phenoxy) is 1. The second kappa shape index (κ2) is 9.29. The molecule has 1 aliphatic heterocycles. The van der Waals surface area contributed by atoms with Crippen LogP contribution in [0.15, 0.2) is 29.3 Å². The Balaban J connectivity index is 0.00000242. The number of hydrogen-bond donors (Lipinski definition) is 2. The van der Waals surface area contributed by atoms with Crippen LogP contribution in [0.2, 0.25) is 0 Å². The molecule has 1 aliphatic rings. The van der Waals surface area contributed by atoms with E-state index in [0.29, 0.717) is 25.7 Å². The maximum atomic E-state index is 13.6. The van der Waals surface area contributed by atoms with Gasteiger partial charge in [0.1, 0.15) is 5.82 Å². The predicted octanol–water partition coefficient (Wildman–Crippen LogP) is 2.81. The standard InChI is InChI=1S/C16H24FN3O.HI/c1-2-8-19-15(18)20-12-16(6-9-21-10-7-16)13-4-3-5-14(17)11-13;/h3-5,11H,2,6-10,12H2,1H3,(H3,18,19,20);1H. The second-order valence-electron chi connectivity index (χ2n) is 5.53. The van der Waals surface area contributed by atoms with Gasteiger partial charge in [0.2, 0.25) is 0 Å². The van der Waals surface area contributed by atoms with Crippen LogP contribution in [0.5, 0.6) is 0 Å². The molecule has 0 spiro atoms. The SMILES string of the molecule is CCCNC(N)=NCC1(c2cccc(F)c2)CCOCC1.I. The number of nitrogens with two attached hydrogens (primary N) is 1. The van der Waals surface area contributed by atoms with Crippen LogP contribution >= 0.6 is 24.0 Å². The lowest BCUT2D eigenvalue weighted by Gasteiger charge is -2.36. The Hall–Kier alpha value is -0.890. The number of aliphatic imine (C=N–C) groups is 1. The maximum absolute atomic E-state index is 13.6. The van der Waals surface area contributed by atoms with E-state index in [0.717, 1.165) is 31.4 Å². The third kappa shape index (κ3) is 5.08. The van der Waals surface area contributed by atoms with Gasteiger partial charge in [-0.25, -0.2) is 4.39 Å². The maximum Gasteiger partial charge on any atom is 0.188 e. The van der Waals surface area contributed by atoms with Crippen molar-refractivity contribution in [2.45, 2.75) is 31.6 Å². The van der Waals surface area contributed by atoms with Gasteiger partial charge in [-0.05, 0) is 37.0 Å². The Morgan fingerprint density at radius 3 is 2.77 bits per heavy atom. The highest BCUT2D eigenvalue weighted by Crippen LogP contribution is 2.35. The van der Waals surface area contributed by atoms with Crippen LogP contribution in [0.4, 0.5) is 4.39 Å². The summed E-state index contributed by atoms with van der Waals surface area (Å²) in [5.41, 5.74) is 6.68. The molecule has 3 N–H and O–H groups in total. The van der Waals surface area contributed by atoms with E-state index in [9.17, 15) is 4.39 Å². The third-order valence-corrected chi connectivity index (χ3v) is 4.00. The van der Waals surface area contributed by atoms with Gasteiger partial charge in [0.05, 0.1) is 6.54 Å². The lowest BCUT2D eigenvalue weighted by Crippen LogP contribution is -2.39. The van der Waals surface area contributed by atoms with E-state index in [4.69, 9.17) is 10.5 Å². The Morgan fingerprint density at radius 1 is 1.41 bits per heavy atom. The van der Waals surface area contributed by atoms with Crippen molar-refractivity contribution < 1.29 is 9.13 Å². The smallest absolute Gasteiger partial charge is 0.188 e. The summed E-state index contributed by atoms with van der Waals surface area (Å²) in [6.45, 7) is 4.80. The molecule has 4 nitrogen and oxygen atoms in total. The molecule has 22 heavy (non-hydrogen) atoms. The molecule has 1 heterocycles. The van der Waals surface area contributed by atoms with Crippen molar-refractivity contribution in [1.29, 1.82) is 0 Å². The zero-order valence-corrected chi connectivity index (χ0v) is 15.3. The number of benzene rings is 1. The second-order valence-corrected chi connectivity index (χ2v) is 5.53. The van der Waals surface area contributed by atoms with Crippen molar-refractivity contribution in [2.75, 3.05) is 26.3 Å². The number of nitrogens with zero attached hydrogens (tertiary/aromatic N) is 1. The molecule has 0 radical (unpaired) electrons. The Labute approximate surface area is 148 Å². The van der Waals surface area contributed by atoms with E-state index in [1.165, 1.54) is 6.07 Å².